The van der Waals surface area contributed by atoms with Crippen molar-refractivity contribution in [2.24, 2.45) is 0 Å². The standard InChI is InChI=1S/C12H18N4O2/c1-8-4-5-10(6-14-8)7-15-9(2)11(17)16-12(18)13-3/h4-6,9,15H,7H2,1-3H3,(H2,13,16,17,18). The molecule has 6 nitrogen and oxygen atoms in total. The third-order valence-corrected chi connectivity index (χ3v) is 2.44. The van der Waals surface area contributed by atoms with Gasteiger partial charge in [-0.15, -0.1) is 0 Å². The number of nitrogens with one attached hydrogen (secondary N) is 3. The molecule has 0 radical (unpaired) electrons. The molecule has 0 saturated heterocycles. The lowest BCUT2D eigenvalue weighted by atomic mass is 10.2. The topological polar surface area (TPSA) is 83.1 Å². The maximum absolute atomic E-state index is 11.5. The normalized spacial score (nSPS) is 11.7. The molecule has 1 heterocycles. The molecule has 0 aliphatic rings. The number of hydrogen-bond acceptors (Lipinski definition) is 4. The zero-order valence-corrected chi connectivity index (χ0v) is 10.8. The summed E-state index contributed by atoms with van der Waals surface area (Å²) in [4.78, 5) is 26.7. The Kier molecular flexibility index (Phi) is 5.26. The van der Waals surface area contributed by atoms with Gasteiger partial charge in [0.2, 0.25) is 5.91 Å². The van der Waals surface area contributed by atoms with Crippen molar-refractivity contribution in [1.82, 2.24) is 20.9 Å². The Labute approximate surface area is 106 Å². The molecule has 1 rings (SSSR count). The number of carbonyl (C=O) groups excluding carboxylic acids is 2. The van der Waals surface area contributed by atoms with Crippen LogP contribution in [0.4, 0.5) is 4.79 Å². The highest BCUT2D eigenvalue weighted by Crippen LogP contribution is 1.99. The summed E-state index contributed by atoms with van der Waals surface area (Å²) in [5.74, 6) is -0.366. The van der Waals surface area contributed by atoms with Crippen molar-refractivity contribution in [2.45, 2.75) is 26.4 Å². The number of nitrogens with zero attached hydrogens (tertiary/aromatic N) is 1. The fourth-order valence-corrected chi connectivity index (χ4v) is 1.25. The number of amides is 3. The van der Waals surface area contributed by atoms with Crippen molar-refractivity contribution in [3.05, 3.63) is 29.6 Å². The van der Waals surface area contributed by atoms with Crippen LogP contribution in [0.1, 0.15) is 18.2 Å². The molecule has 0 aliphatic heterocycles. The molecule has 0 bridgehead atoms. The number of rotatable bonds is 4. The smallest absolute Gasteiger partial charge is 0.321 e. The average Bonchev–Trinajstić information content (AvgIpc) is 2.37. The molecular weight excluding hydrogens is 232 g/mol. The summed E-state index contributed by atoms with van der Waals surface area (Å²) in [5.41, 5.74) is 1.93. The molecule has 98 valence electrons. The van der Waals surface area contributed by atoms with Gasteiger partial charge in [-0.25, -0.2) is 4.79 Å². The summed E-state index contributed by atoms with van der Waals surface area (Å²) in [7, 11) is 1.46. The van der Waals surface area contributed by atoms with E-state index in [0.717, 1.165) is 11.3 Å². The Morgan fingerprint density at radius 1 is 1.39 bits per heavy atom. The maximum atomic E-state index is 11.5. The monoisotopic (exact) mass is 250 g/mol. The molecule has 1 aromatic heterocycles. The van der Waals surface area contributed by atoms with E-state index in [1.807, 2.05) is 19.1 Å². The predicted molar refractivity (Wildman–Crippen MR) is 67.9 cm³/mol. The van der Waals surface area contributed by atoms with Gasteiger partial charge in [-0.05, 0) is 25.5 Å². The van der Waals surface area contributed by atoms with Gasteiger partial charge in [-0.1, -0.05) is 6.07 Å². The number of urea groups is 1. The van der Waals surface area contributed by atoms with Crippen LogP contribution >= 0.6 is 0 Å². The van der Waals surface area contributed by atoms with Gasteiger partial charge < -0.3 is 10.6 Å². The third-order valence-electron chi connectivity index (χ3n) is 2.44. The molecule has 1 atom stereocenters. The second-order valence-electron chi connectivity index (χ2n) is 3.98. The molecule has 1 unspecified atom stereocenters. The minimum absolute atomic E-state index is 0.366. The molecule has 0 fully saturated rings. The van der Waals surface area contributed by atoms with Crippen LogP contribution < -0.4 is 16.0 Å². The van der Waals surface area contributed by atoms with E-state index in [1.165, 1.54) is 7.05 Å². The van der Waals surface area contributed by atoms with E-state index in [4.69, 9.17) is 0 Å². The van der Waals surface area contributed by atoms with Crippen molar-refractivity contribution >= 4 is 11.9 Å². The van der Waals surface area contributed by atoms with Gasteiger partial charge in [0, 0.05) is 25.5 Å². The van der Waals surface area contributed by atoms with Crippen molar-refractivity contribution in [1.29, 1.82) is 0 Å². The molecule has 6 heteroatoms. The quantitative estimate of drug-likeness (QED) is 0.719. The zero-order valence-electron chi connectivity index (χ0n) is 10.8. The molecule has 3 amide bonds. The van der Waals surface area contributed by atoms with E-state index in [-0.39, 0.29) is 5.91 Å². The summed E-state index contributed by atoms with van der Waals surface area (Å²) in [6, 6.07) is 2.89. The van der Waals surface area contributed by atoms with Crippen molar-refractivity contribution < 1.29 is 9.59 Å². The van der Waals surface area contributed by atoms with Gasteiger partial charge in [0.1, 0.15) is 0 Å². The first-order chi connectivity index (χ1) is 8.52. The molecule has 18 heavy (non-hydrogen) atoms. The van der Waals surface area contributed by atoms with Crippen LogP contribution in [0.25, 0.3) is 0 Å². The van der Waals surface area contributed by atoms with E-state index in [2.05, 4.69) is 20.9 Å². The van der Waals surface area contributed by atoms with Crippen LogP contribution in [0.5, 0.6) is 0 Å². The van der Waals surface area contributed by atoms with E-state index in [1.54, 1.807) is 13.1 Å². The van der Waals surface area contributed by atoms with E-state index < -0.39 is 12.1 Å². The fraction of sp³-hybridized carbons (Fsp3) is 0.417. The van der Waals surface area contributed by atoms with Gasteiger partial charge in [-0.3, -0.25) is 15.1 Å². The number of carbonyl (C=O) groups is 2. The number of aryl methyl sites for hydroxylation is 1. The van der Waals surface area contributed by atoms with Gasteiger partial charge in [0.25, 0.3) is 0 Å². The van der Waals surface area contributed by atoms with Crippen LogP contribution in [0.15, 0.2) is 18.3 Å². The zero-order chi connectivity index (χ0) is 13.5. The first-order valence-electron chi connectivity index (χ1n) is 5.70. The number of pyridine rings is 1. The van der Waals surface area contributed by atoms with Gasteiger partial charge >= 0.3 is 6.03 Å². The van der Waals surface area contributed by atoms with Gasteiger partial charge in [0.15, 0.2) is 0 Å². The Hall–Kier alpha value is -1.95. The minimum atomic E-state index is -0.509. The van der Waals surface area contributed by atoms with Crippen LogP contribution in [0.2, 0.25) is 0 Å². The van der Waals surface area contributed by atoms with Crippen LogP contribution in [0, 0.1) is 6.92 Å². The summed E-state index contributed by atoms with van der Waals surface area (Å²) in [5, 5.41) is 7.55. The Balaban J connectivity index is 2.40. The third kappa shape index (κ3) is 4.50. The molecule has 0 aromatic carbocycles. The maximum Gasteiger partial charge on any atom is 0.321 e. The lowest BCUT2D eigenvalue weighted by Crippen LogP contribution is -2.47. The molecule has 0 aliphatic carbocycles. The van der Waals surface area contributed by atoms with E-state index in [9.17, 15) is 9.59 Å². The van der Waals surface area contributed by atoms with Crippen LogP contribution in [-0.4, -0.2) is 30.0 Å². The molecule has 3 N–H and O–H groups in total. The highest BCUT2D eigenvalue weighted by Gasteiger charge is 2.14. The van der Waals surface area contributed by atoms with Crippen LogP contribution in [-0.2, 0) is 11.3 Å². The summed E-state index contributed by atoms with van der Waals surface area (Å²) in [6.07, 6.45) is 1.76. The number of imide groups is 1. The Morgan fingerprint density at radius 2 is 2.11 bits per heavy atom. The Morgan fingerprint density at radius 3 is 2.67 bits per heavy atom. The van der Waals surface area contributed by atoms with E-state index in [0.29, 0.717) is 6.54 Å². The molecular formula is C12H18N4O2. The largest absolute Gasteiger partial charge is 0.341 e. The lowest BCUT2D eigenvalue weighted by Gasteiger charge is -2.13. The summed E-state index contributed by atoms with van der Waals surface area (Å²) >= 11 is 0. The Bertz CT molecular complexity index is 417. The fourth-order valence-electron chi connectivity index (χ4n) is 1.25. The number of aromatic nitrogens is 1. The van der Waals surface area contributed by atoms with Crippen molar-refractivity contribution in [3.8, 4) is 0 Å². The van der Waals surface area contributed by atoms with Gasteiger partial charge in [0.05, 0.1) is 6.04 Å². The molecule has 1 aromatic rings. The van der Waals surface area contributed by atoms with Gasteiger partial charge in [-0.2, -0.15) is 0 Å². The lowest BCUT2D eigenvalue weighted by molar-refractivity contribution is -0.121. The second kappa shape index (κ2) is 6.70. The molecule has 0 spiro atoms. The van der Waals surface area contributed by atoms with Crippen molar-refractivity contribution in [3.63, 3.8) is 0 Å². The first-order valence-corrected chi connectivity index (χ1v) is 5.70. The van der Waals surface area contributed by atoms with Crippen LogP contribution in [0.3, 0.4) is 0 Å². The predicted octanol–water partition coefficient (Wildman–Crippen LogP) is 0.324. The first kappa shape index (κ1) is 14.1. The highest BCUT2D eigenvalue weighted by molar-refractivity contribution is 5.96. The van der Waals surface area contributed by atoms with Crippen molar-refractivity contribution in [2.75, 3.05) is 7.05 Å². The average molecular weight is 250 g/mol. The highest BCUT2D eigenvalue weighted by atomic mass is 16.2. The second-order valence-corrected chi connectivity index (χ2v) is 3.98. The van der Waals surface area contributed by atoms with E-state index >= 15 is 0 Å². The molecule has 0 saturated carbocycles. The summed E-state index contributed by atoms with van der Waals surface area (Å²) in [6.45, 7) is 4.13. The number of hydrogen-bond donors (Lipinski definition) is 3. The summed E-state index contributed by atoms with van der Waals surface area (Å²) < 4.78 is 0. The SMILES string of the molecule is CNC(=O)NC(=O)C(C)NCc1ccc(C)nc1. The minimum Gasteiger partial charge on any atom is -0.341 e.